The molecular weight excluding hydrogens is 518 g/mol. The van der Waals surface area contributed by atoms with E-state index in [1.165, 1.54) is 23.7 Å². The second-order valence-corrected chi connectivity index (χ2v) is 10.4. The number of likely N-dealkylation sites (tertiary alicyclic amines) is 1. The number of fused-ring (bicyclic) bond motifs is 5. The number of benzene rings is 1. The van der Waals surface area contributed by atoms with Gasteiger partial charge in [-0.3, -0.25) is 9.59 Å². The molecule has 1 unspecified atom stereocenters. The van der Waals surface area contributed by atoms with Crippen LogP contribution in [0.3, 0.4) is 0 Å². The number of rotatable bonds is 5. The van der Waals surface area contributed by atoms with Crippen molar-refractivity contribution < 1.29 is 19.4 Å². The number of aliphatic hydroxyl groups excluding tert-OH is 1. The zero-order chi connectivity index (χ0) is 25.7. The Hall–Kier alpha value is -3.61. The van der Waals surface area contributed by atoms with Crippen LogP contribution in [-0.4, -0.2) is 67.0 Å². The number of carbonyl (C=O) groups is 2. The van der Waals surface area contributed by atoms with Gasteiger partial charge in [-0.25, -0.2) is 15.0 Å². The quantitative estimate of drug-likeness (QED) is 0.326. The van der Waals surface area contributed by atoms with Crippen molar-refractivity contribution in [1.82, 2.24) is 30.2 Å². The highest BCUT2D eigenvalue weighted by molar-refractivity contribution is 7.21. The van der Waals surface area contributed by atoms with Gasteiger partial charge in [0.15, 0.2) is 0 Å². The lowest BCUT2D eigenvalue weighted by Gasteiger charge is -2.23. The number of halogens is 1. The minimum Gasteiger partial charge on any atom is -0.418 e. The van der Waals surface area contributed by atoms with E-state index in [1.54, 1.807) is 4.90 Å². The van der Waals surface area contributed by atoms with Crippen LogP contribution in [0, 0.1) is 0 Å². The Bertz CT molecular complexity index is 1560. The van der Waals surface area contributed by atoms with Crippen molar-refractivity contribution in [3.8, 4) is 11.8 Å². The molecule has 0 aliphatic carbocycles. The molecule has 1 aromatic carbocycles. The number of carbonyl (C=O) groups excluding carboxylic acids is 2. The summed E-state index contributed by atoms with van der Waals surface area (Å²) >= 11 is 7.45. The maximum Gasteiger partial charge on any atom is 0.263 e. The summed E-state index contributed by atoms with van der Waals surface area (Å²) in [6.07, 6.45) is 3.96. The Labute approximate surface area is 219 Å². The lowest BCUT2D eigenvalue weighted by atomic mass is 10.1. The van der Waals surface area contributed by atoms with Gasteiger partial charge in [-0.1, -0.05) is 0 Å². The number of amides is 2. The average molecular weight is 540 g/mol. The molecule has 3 N–H and O–H groups in total. The summed E-state index contributed by atoms with van der Waals surface area (Å²) in [6.45, 7) is 2.60. The number of nitrogens with one attached hydrogen (secondary N) is 2. The molecule has 190 valence electrons. The van der Waals surface area contributed by atoms with Crippen LogP contribution in [0.15, 0.2) is 24.5 Å². The van der Waals surface area contributed by atoms with Gasteiger partial charge in [0.2, 0.25) is 23.0 Å². The third-order valence-corrected chi connectivity index (χ3v) is 7.85. The molecule has 0 bridgehead atoms. The van der Waals surface area contributed by atoms with Gasteiger partial charge in [-0.05, 0) is 37.1 Å². The topological polar surface area (TPSA) is 142 Å². The number of aliphatic hydroxyl groups is 1. The molecule has 0 saturated carbocycles. The predicted octanol–water partition coefficient (Wildman–Crippen LogP) is 3.11. The Balaban J connectivity index is 1.35. The summed E-state index contributed by atoms with van der Waals surface area (Å²) in [6, 6.07) is 3.48. The van der Waals surface area contributed by atoms with Crippen LogP contribution < -0.4 is 15.4 Å². The predicted molar refractivity (Wildman–Crippen MR) is 138 cm³/mol. The fourth-order valence-electron chi connectivity index (χ4n) is 4.67. The molecule has 13 heteroatoms. The van der Waals surface area contributed by atoms with Gasteiger partial charge >= 0.3 is 0 Å². The Morgan fingerprint density at radius 1 is 1.24 bits per heavy atom. The normalized spacial score (nSPS) is 19.6. The van der Waals surface area contributed by atoms with Gasteiger partial charge in [0.25, 0.3) is 5.91 Å². The molecule has 2 atom stereocenters. The van der Waals surface area contributed by atoms with Crippen LogP contribution in [0.1, 0.15) is 35.0 Å². The van der Waals surface area contributed by atoms with E-state index in [1.807, 2.05) is 19.1 Å². The monoisotopic (exact) mass is 539 g/mol. The summed E-state index contributed by atoms with van der Waals surface area (Å²) in [7, 11) is 0. The largest absolute Gasteiger partial charge is 0.418 e. The number of nitrogens with zero attached hydrogens (tertiary/aromatic N) is 5. The highest BCUT2D eigenvalue weighted by Gasteiger charge is 2.31. The molecule has 11 nitrogen and oxygen atoms in total. The summed E-state index contributed by atoms with van der Waals surface area (Å²) in [4.78, 5) is 44.7. The molecular formula is C24H22ClN7O4S. The maximum absolute atomic E-state index is 12.7. The van der Waals surface area contributed by atoms with Crippen molar-refractivity contribution in [2.75, 3.05) is 18.5 Å². The number of thiophene rings is 1. The zero-order valence-electron chi connectivity index (χ0n) is 19.7. The summed E-state index contributed by atoms with van der Waals surface area (Å²) in [5.74, 6) is 0.182. The van der Waals surface area contributed by atoms with Gasteiger partial charge in [-0.2, -0.15) is 4.98 Å². The highest BCUT2D eigenvalue weighted by atomic mass is 35.5. The summed E-state index contributed by atoms with van der Waals surface area (Å²) in [5, 5.41) is 16.8. The van der Waals surface area contributed by atoms with E-state index >= 15 is 0 Å². The lowest BCUT2D eigenvalue weighted by molar-refractivity contribution is -0.130. The number of anilines is 1. The van der Waals surface area contributed by atoms with Crippen molar-refractivity contribution in [3.05, 3.63) is 40.3 Å². The summed E-state index contributed by atoms with van der Waals surface area (Å²) < 4.78 is 6.91. The fourth-order valence-corrected chi connectivity index (χ4v) is 5.89. The fraction of sp³-hybridized carbons (Fsp3) is 0.333. The third-order valence-electron chi connectivity index (χ3n) is 6.51. The SMILES string of the molecule is C[C@@H]1CNc2c(sc3ccc4nc(Oc5nc(Cl)ncc5CN5C(=O)CCC5CO)cnc4c23)C(=O)N1. The van der Waals surface area contributed by atoms with Crippen molar-refractivity contribution >= 4 is 61.6 Å². The molecule has 1 fully saturated rings. The molecule has 0 spiro atoms. The standard InChI is InChI=1S/C24H22ClN7O4S/c1-11-6-26-20-18-15(37-21(20)22(35)29-11)4-3-14-19(18)27-8-16(30-14)36-23-12(7-28-24(25)31-23)9-32-13(10-33)2-5-17(32)34/h3-4,7-8,11,13,26,33H,2,5-6,9-10H2,1H3,(H,29,35)/t11-,13?/m1/s1. The minimum atomic E-state index is -0.265. The maximum atomic E-state index is 12.7. The summed E-state index contributed by atoms with van der Waals surface area (Å²) in [5.41, 5.74) is 2.52. The van der Waals surface area contributed by atoms with Gasteiger partial charge in [0.05, 0.1) is 47.7 Å². The lowest BCUT2D eigenvalue weighted by Crippen LogP contribution is -2.35. The van der Waals surface area contributed by atoms with Gasteiger partial charge in [0, 0.05) is 35.3 Å². The first-order valence-electron chi connectivity index (χ1n) is 11.8. The first kappa shape index (κ1) is 23.8. The molecule has 3 aromatic heterocycles. The second-order valence-electron chi connectivity index (χ2n) is 9.04. The number of aromatic nitrogens is 4. The molecule has 2 aliphatic rings. The van der Waals surface area contributed by atoms with Gasteiger partial charge in [-0.15, -0.1) is 11.3 Å². The van der Waals surface area contributed by atoms with E-state index in [9.17, 15) is 14.7 Å². The van der Waals surface area contributed by atoms with Crippen molar-refractivity contribution in [1.29, 1.82) is 0 Å². The molecule has 2 amide bonds. The molecule has 37 heavy (non-hydrogen) atoms. The van der Waals surface area contributed by atoms with Crippen LogP contribution in [-0.2, 0) is 11.3 Å². The van der Waals surface area contributed by atoms with E-state index in [0.717, 1.165) is 15.8 Å². The van der Waals surface area contributed by atoms with Crippen LogP contribution in [0.25, 0.3) is 21.1 Å². The van der Waals surface area contributed by atoms with E-state index in [4.69, 9.17) is 16.3 Å². The smallest absolute Gasteiger partial charge is 0.263 e. The molecule has 1 saturated heterocycles. The Kier molecular flexibility index (Phi) is 6.01. The first-order valence-corrected chi connectivity index (χ1v) is 13.0. The van der Waals surface area contributed by atoms with Crippen molar-refractivity contribution in [3.63, 3.8) is 0 Å². The Morgan fingerprint density at radius 3 is 2.95 bits per heavy atom. The van der Waals surface area contributed by atoms with Crippen LogP contribution in [0.2, 0.25) is 5.28 Å². The second kappa shape index (κ2) is 9.36. The van der Waals surface area contributed by atoms with Crippen LogP contribution in [0.4, 0.5) is 5.69 Å². The van der Waals surface area contributed by atoms with Crippen molar-refractivity contribution in [2.24, 2.45) is 0 Å². The molecule has 5 heterocycles. The molecule has 0 radical (unpaired) electrons. The van der Waals surface area contributed by atoms with Crippen molar-refractivity contribution in [2.45, 2.75) is 38.4 Å². The third kappa shape index (κ3) is 4.30. The van der Waals surface area contributed by atoms with Crippen LogP contribution in [0.5, 0.6) is 11.8 Å². The molecule has 2 aliphatic heterocycles. The van der Waals surface area contributed by atoms with E-state index in [0.29, 0.717) is 40.9 Å². The number of hydrogen-bond acceptors (Lipinski definition) is 10. The van der Waals surface area contributed by atoms with E-state index in [-0.39, 0.29) is 54.1 Å². The van der Waals surface area contributed by atoms with E-state index in [2.05, 4.69) is 30.6 Å². The molecule has 4 aromatic rings. The number of ether oxygens (including phenoxy) is 1. The molecule has 6 rings (SSSR count). The zero-order valence-corrected chi connectivity index (χ0v) is 21.3. The van der Waals surface area contributed by atoms with E-state index < -0.39 is 0 Å². The van der Waals surface area contributed by atoms with Gasteiger partial charge in [0.1, 0.15) is 4.88 Å². The minimum absolute atomic E-state index is 0.000561. The average Bonchev–Trinajstić information content (AvgIpc) is 3.40. The Morgan fingerprint density at radius 2 is 2.11 bits per heavy atom. The number of hydrogen-bond donors (Lipinski definition) is 3. The van der Waals surface area contributed by atoms with Crippen LogP contribution >= 0.6 is 22.9 Å². The van der Waals surface area contributed by atoms with Gasteiger partial charge < -0.3 is 25.4 Å². The highest BCUT2D eigenvalue weighted by Crippen LogP contribution is 2.40. The first-order chi connectivity index (χ1) is 17.9.